The molecule has 3 aromatic heterocycles. The van der Waals surface area contributed by atoms with Crippen LogP contribution in [0.15, 0.2) is 120 Å². The Morgan fingerprint density at radius 2 is 1.54 bits per heavy atom. The van der Waals surface area contributed by atoms with Gasteiger partial charge in [-0.3, -0.25) is 14.4 Å². The predicted molar refractivity (Wildman–Crippen MR) is 171 cm³/mol. The van der Waals surface area contributed by atoms with E-state index in [4.69, 9.17) is 9.97 Å². The number of nitrogens with zero attached hydrogens (tertiary/aromatic N) is 4. The van der Waals surface area contributed by atoms with Gasteiger partial charge in [-0.05, 0) is 72.7 Å². The molecule has 1 aliphatic heterocycles. The van der Waals surface area contributed by atoms with Crippen molar-refractivity contribution in [3.63, 3.8) is 0 Å². The molecule has 4 heteroatoms. The summed E-state index contributed by atoms with van der Waals surface area (Å²) >= 11 is 0. The van der Waals surface area contributed by atoms with Gasteiger partial charge in [0.2, 0.25) is 0 Å². The van der Waals surface area contributed by atoms with Crippen molar-refractivity contribution < 1.29 is 0 Å². The van der Waals surface area contributed by atoms with E-state index in [0.717, 1.165) is 61.4 Å². The Morgan fingerprint density at radius 3 is 2.41 bits per heavy atom. The third kappa shape index (κ3) is 4.38. The highest BCUT2D eigenvalue weighted by Crippen LogP contribution is 2.34. The molecule has 0 fully saturated rings. The van der Waals surface area contributed by atoms with Crippen LogP contribution in [0.2, 0.25) is 0 Å². The molecule has 1 aliphatic rings. The van der Waals surface area contributed by atoms with Crippen LogP contribution in [0, 0.1) is 20.8 Å². The first-order valence-electron chi connectivity index (χ1n) is 14.0. The van der Waals surface area contributed by atoms with Gasteiger partial charge in [0.1, 0.15) is 11.5 Å². The summed E-state index contributed by atoms with van der Waals surface area (Å²) in [6, 6.07) is 34.4. The second-order valence-corrected chi connectivity index (χ2v) is 10.6. The lowest BCUT2D eigenvalue weighted by Crippen LogP contribution is -1.95. The normalized spacial score (nSPS) is 12.7. The van der Waals surface area contributed by atoms with Crippen LogP contribution in [0.4, 0.5) is 0 Å². The van der Waals surface area contributed by atoms with Gasteiger partial charge in [0, 0.05) is 28.2 Å². The van der Waals surface area contributed by atoms with Gasteiger partial charge in [0.25, 0.3) is 0 Å². The molecule has 4 nitrogen and oxygen atoms in total. The Hall–Kier alpha value is -5.09. The quantitative estimate of drug-likeness (QED) is 0.229. The molecular weight excluding hydrogens is 500 g/mol. The summed E-state index contributed by atoms with van der Waals surface area (Å²) in [5.41, 5.74) is 10.6. The SMILES string of the molecule is Cc1cccc(-c2cccc(-c3nc(C4=NCC=C4)c4ccccn34)c2)c2ccc3ccccc3c2nc(C)c1C. The maximum Gasteiger partial charge on any atom is 0.145 e. The Balaban J connectivity index is 1.51. The van der Waals surface area contributed by atoms with Gasteiger partial charge in [-0.15, -0.1) is 0 Å². The third-order valence-electron chi connectivity index (χ3n) is 8.08. The van der Waals surface area contributed by atoms with Gasteiger partial charge in [-0.25, -0.2) is 4.98 Å². The number of allylic oxidation sites excluding steroid dienone is 1. The minimum Gasteiger partial charge on any atom is -0.299 e. The number of hydrogen-bond acceptors (Lipinski definition) is 3. The lowest BCUT2D eigenvalue weighted by molar-refractivity contribution is 1.16. The Morgan fingerprint density at radius 1 is 0.707 bits per heavy atom. The van der Waals surface area contributed by atoms with Crippen molar-refractivity contribution in [2.24, 2.45) is 4.99 Å². The molecule has 0 unspecified atom stereocenters. The maximum atomic E-state index is 5.25. The fourth-order valence-electron chi connectivity index (χ4n) is 5.66. The fraction of sp³-hybridized carbons (Fsp3) is 0.108. The number of imidazole rings is 1. The lowest BCUT2D eigenvalue weighted by atomic mass is 9.97. The first-order valence-corrected chi connectivity index (χ1v) is 14.0. The zero-order valence-electron chi connectivity index (χ0n) is 23.5. The molecule has 0 saturated heterocycles. The van der Waals surface area contributed by atoms with Crippen LogP contribution in [0.25, 0.3) is 49.7 Å². The van der Waals surface area contributed by atoms with E-state index in [-0.39, 0.29) is 0 Å². The van der Waals surface area contributed by atoms with E-state index in [2.05, 4.69) is 140 Å². The predicted octanol–water partition coefficient (Wildman–Crippen LogP) is 8.78. The van der Waals surface area contributed by atoms with Gasteiger partial charge in [-0.1, -0.05) is 84.9 Å². The average Bonchev–Trinajstić information content (AvgIpc) is 3.67. The summed E-state index contributed by atoms with van der Waals surface area (Å²) in [5.74, 6) is 0.901. The number of hydrogen-bond donors (Lipinski definition) is 0. The molecule has 6 aromatic rings. The van der Waals surface area contributed by atoms with Gasteiger partial charge >= 0.3 is 0 Å². The van der Waals surface area contributed by atoms with Crippen LogP contribution in [0.1, 0.15) is 22.5 Å². The smallest absolute Gasteiger partial charge is 0.145 e. The number of aliphatic imine (C=N–C) groups is 1. The molecule has 7 rings (SSSR count). The molecule has 0 amide bonds. The van der Waals surface area contributed by atoms with Crippen LogP contribution in [-0.2, 0) is 0 Å². The minimum absolute atomic E-state index is 0.706. The summed E-state index contributed by atoms with van der Waals surface area (Å²) in [5, 5.41) is 3.44. The summed E-state index contributed by atoms with van der Waals surface area (Å²) < 4.78 is 2.16. The highest BCUT2D eigenvalue weighted by molar-refractivity contribution is 6.13. The van der Waals surface area contributed by atoms with Gasteiger partial charge in [-0.2, -0.15) is 0 Å². The molecule has 0 aliphatic carbocycles. The van der Waals surface area contributed by atoms with Crippen molar-refractivity contribution in [3.8, 4) is 22.5 Å². The summed E-state index contributed by atoms with van der Waals surface area (Å²) in [4.78, 5) is 15.0. The number of pyridine rings is 1. The fourth-order valence-corrected chi connectivity index (χ4v) is 5.66. The van der Waals surface area contributed by atoms with Crippen LogP contribution in [0.5, 0.6) is 0 Å². The molecule has 198 valence electrons. The molecule has 0 atom stereocenters. The first-order chi connectivity index (χ1) is 20.1. The van der Waals surface area contributed by atoms with Crippen molar-refractivity contribution in [2.45, 2.75) is 20.8 Å². The number of fused-ring (bicyclic) bond motifs is 4. The summed E-state index contributed by atoms with van der Waals surface area (Å²) in [7, 11) is 0. The Kier molecular flexibility index (Phi) is 6.16. The monoisotopic (exact) mass is 530 g/mol. The number of benzene rings is 3. The zero-order chi connectivity index (χ0) is 27.9. The van der Waals surface area contributed by atoms with E-state index in [1.807, 2.05) is 6.07 Å². The topological polar surface area (TPSA) is 42.5 Å². The van der Waals surface area contributed by atoms with Crippen LogP contribution in [-0.4, -0.2) is 26.6 Å². The average molecular weight is 531 g/mol. The highest BCUT2D eigenvalue weighted by Gasteiger charge is 2.17. The molecule has 41 heavy (non-hydrogen) atoms. The van der Waals surface area contributed by atoms with Crippen molar-refractivity contribution >= 4 is 32.9 Å². The zero-order valence-corrected chi connectivity index (χ0v) is 23.5. The van der Waals surface area contributed by atoms with Gasteiger partial charge < -0.3 is 0 Å². The maximum absolute atomic E-state index is 5.25. The second-order valence-electron chi connectivity index (χ2n) is 10.6. The van der Waals surface area contributed by atoms with Crippen molar-refractivity contribution in [1.82, 2.24) is 14.4 Å². The number of rotatable bonds is 3. The van der Waals surface area contributed by atoms with E-state index in [9.17, 15) is 0 Å². The molecular formula is C37H30N4. The molecule has 4 heterocycles. The number of aryl methyl sites for hydroxylation is 2. The summed E-state index contributed by atoms with van der Waals surface area (Å²) in [6.07, 6.45) is 6.22. The summed E-state index contributed by atoms with van der Waals surface area (Å²) in [6.45, 7) is 7.11. The van der Waals surface area contributed by atoms with Crippen LogP contribution < -0.4 is 0 Å². The van der Waals surface area contributed by atoms with E-state index in [0.29, 0.717) is 6.54 Å². The van der Waals surface area contributed by atoms with Crippen molar-refractivity contribution in [3.05, 3.63) is 138 Å². The largest absolute Gasteiger partial charge is 0.299 e. The molecule has 0 spiro atoms. The van der Waals surface area contributed by atoms with E-state index in [1.54, 1.807) is 0 Å². The second kappa shape index (κ2) is 10.1. The van der Waals surface area contributed by atoms with E-state index >= 15 is 0 Å². The molecule has 0 bridgehead atoms. The first kappa shape index (κ1) is 24.9. The molecule has 3 aromatic carbocycles. The van der Waals surface area contributed by atoms with Crippen LogP contribution >= 0.6 is 0 Å². The molecule has 0 radical (unpaired) electrons. The van der Waals surface area contributed by atoms with E-state index in [1.165, 1.54) is 16.5 Å². The number of aromatic nitrogens is 3. The van der Waals surface area contributed by atoms with Gasteiger partial charge in [0.15, 0.2) is 0 Å². The minimum atomic E-state index is 0.706. The Bertz CT molecular complexity index is 2110. The van der Waals surface area contributed by atoms with E-state index < -0.39 is 0 Å². The third-order valence-corrected chi connectivity index (χ3v) is 8.08. The molecule has 0 N–H and O–H groups in total. The van der Waals surface area contributed by atoms with Crippen molar-refractivity contribution in [2.75, 3.05) is 6.54 Å². The standard InChI is InChI=1S/C37H30N4/c1-24-11-8-16-30(32-20-19-27-12-4-5-15-31(27)35(32)39-26(3)25(24)2)28-13-9-14-29(23-28)37-40-36(33-17-10-21-38-33)34-18-6-7-22-41(34)37/h4-20,22-23H,21H2,1-3H3. The van der Waals surface area contributed by atoms with Crippen molar-refractivity contribution in [1.29, 1.82) is 0 Å². The Labute approximate surface area is 239 Å². The van der Waals surface area contributed by atoms with Gasteiger partial charge in [0.05, 0.1) is 23.3 Å². The molecule has 0 saturated carbocycles. The van der Waals surface area contributed by atoms with Crippen LogP contribution in [0.3, 0.4) is 0 Å². The lowest BCUT2D eigenvalue weighted by Gasteiger charge is -2.10. The highest BCUT2D eigenvalue weighted by atomic mass is 15.0.